The summed E-state index contributed by atoms with van der Waals surface area (Å²) in [5, 5.41) is 0. The molecule has 8 aliphatic rings. The van der Waals surface area contributed by atoms with Crippen molar-refractivity contribution >= 4 is 24.0 Å². The van der Waals surface area contributed by atoms with Gasteiger partial charge in [-0.15, -0.1) is 0 Å². The highest BCUT2D eigenvalue weighted by Gasteiger charge is 2.43. The van der Waals surface area contributed by atoms with Crippen LogP contribution in [0.15, 0.2) is 97.3 Å². The third-order valence-electron chi connectivity index (χ3n) is 15.9. The van der Waals surface area contributed by atoms with Gasteiger partial charge in [0.1, 0.15) is 23.7 Å². The third-order valence-corrected chi connectivity index (χ3v) is 15.9. The molecule has 4 bridgehead atoms. The molecule has 4 fully saturated rings. The van der Waals surface area contributed by atoms with Crippen LogP contribution in [0.3, 0.4) is 0 Å². The summed E-state index contributed by atoms with van der Waals surface area (Å²) in [7, 11) is 2.73. The second-order valence-corrected chi connectivity index (χ2v) is 20.0. The first-order valence-corrected chi connectivity index (χ1v) is 25.5. The standard InChI is InChI=1S/C57H62N8O6/c1-35-30-43-15-13-36(31-44(43)38-16-21-40(22-17-38)46-33-58-52(60-46)48-8-4-26-62(48)54(66)50-10-6-28-64(50)56(68)70-2)12-14-37-20-25-42(35)32-45(37)39-18-23-41(24-19-39)47-34-59-53(61-47)49-9-5-27-63(49)55(67)51-11-7-29-65(51)57(69)71-3/h13,15-25,31-35,48-51H,4-12,14,26-30H2,1-3H3,(H,58,60)(H,59,61)/t35-,48+,49+,50+,51+/m1/s1. The Bertz CT molecular complexity index is 2960. The summed E-state index contributed by atoms with van der Waals surface area (Å²) in [6.07, 6.45) is 12.0. The minimum atomic E-state index is -0.491. The minimum absolute atomic E-state index is 0.0268. The number of carbonyl (C=O) groups is 4. The van der Waals surface area contributed by atoms with Crippen LogP contribution in [0.2, 0.25) is 0 Å². The molecule has 0 spiro atoms. The maximum absolute atomic E-state index is 13.8. The van der Waals surface area contributed by atoms with Crippen LogP contribution in [0.25, 0.3) is 44.8 Å². The summed E-state index contributed by atoms with van der Waals surface area (Å²) in [5.74, 6) is 1.77. The number of H-pyrrole nitrogens is 2. The van der Waals surface area contributed by atoms with Crippen molar-refractivity contribution in [3.8, 4) is 44.8 Å². The number of imidazole rings is 2. The van der Waals surface area contributed by atoms with E-state index < -0.39 is 24.3 Å². The van der Waals surface area contributed by atoms with E-state index >= 15 is 0 Å². The largest absolute Gasteiger partial charge is 0.453 e. The van der Waals surface area contributed by atoms with Gasteiger partial charge in [-0.1, -0.05) is 91.9 Å². The fourth-order valence-electron chi connectivity index (χ4n) is 12.0. The van der Waals surface area contributed by atoms with Crippen LogP contribution < -0.4 is 0 Å². The predicted molar refractivity (Wildman–Crippen MR) is 270 cm³/mol. The molecule has 4 saturated heterocycles. The Morgan fingerprint density at radius 3 is 1.52 bits per heavy atom. The van der Waals surface area contributed by atoms with Gasteiger partial charge in [-0.05, 0) is 121 Å². The molecule has 14 nitrogen and oxygen atoms in total. The van der Waals surface area contributed by atoms with Crippen molar-refractivity contribution < 1.29 is 28.7 Å². The maximum atomic E-state index is 13.8. The Morgan fingerprint density at radius 1 is 0.535 bits per heavy atom. The van der Waals surface area contributed by atoms with Gasteiger partial charge in [-0.2, -0.15) is 0 Å². The summed E-state index contributed by atoms with van der Waals surface area (Å²) in [4.78, 5) is 76.1. The first-order valence-electron chi connectivity index (χ1n) is 25.5. The van der Waals surface area contributed by atoms with E-state index in [0.29, 0.717) is 39.0 Å². The highest BCUT2D eigenvalue weighted by molar-refractivity contribution is 5.88. The van der Waals surface area contributed by atoms with Gasteiger partial charge in [-0.25, -0.2) is 19.6 Å². The van der Waals surface area contributed by atoms with E-state index in [2.05, 4.69) is 102 Å². The van der Waals surface area contributed by atoms with Gasteiger partial charge in [0.05, 0.1) is 37.7 Å². The third kappa shape index (κ3) is 8.86. The minimum Gasteiger partial charge on any atom is -0.453 e. The molecule has 0 radical (unpaired) electrons. The second kappa shape index (κ2) is 19.5. The maximum Gasteiger partial charge on any atom is 0.410 e. The van der Waals surface area contributed by atoms with Crippen LogP contribution >= 0.6 is 0 Å². The van der Waals surface area contributed by atoms with Gasteiger partial charge in [0.15, 0.2) is 0 Å². The van der Waals surface area contributed by atoms with Crippen molar-refractivity contribution in [2.24, 2.45) is 0 Å². The molecular formula is C57H62N8O6. The monoisotopic (exact) mass is 954 g/mol. The molecular weight excluding hydrogens is 893 g/mol. The quantitative estimate of drug-likeness (QED) is 0.153. The van der Waals surface area contributed by atoms with Crippen molar-refractivity contribution in [2.75, 3.05) is 40.4 Å². The van der Waals surface area contributed by atoms with E-state index in [-0.39, 0.29) is 29.8 Å². The average Bonchev–Trinajstić information content (AvgIpc) is 4.27. The van der Waals surface area contributed by atoms with Crippen molar-refractivity contribution in [1.82, 2.24) is 39.5 Å². The number of ether oxygens (including phenoxy) is 2. The Labute approximate surface area is 414 Å². The fraction of sp³-hybridized carbons (Fsp3) is 0.404. The van der Waals surface area contributed by atoms with Crippen molar-refractivity contribution in [1.29, 1.82) is 0 Å². The predicted octanol–water partition coefficient (Wildman–Crippen LogP) is 10.0. The lowest BCUT2D eigenvalue weighted by atomic mass is 9.84. The lowest BCUT2D eigenvalue weighted by Gasteiger charge is -2.30. The van der Waals surface area contributed by atoms with Gasteiger partial charge >= 0.3 is 12.2 Å². The van der Waals surface area contributed by atoms with Gasteiger partial charge in [0.2, 0.25) is 11.8 Å². The number of likely N-dealkylation sites (tertiary alicyclic amines) is 4. The number of rotatable bonds is 8. The van der Waals surface area contributed by atoms with Crippen LogP contribution in [-0.2, 0) is 38.3 Å². The summed E-state index contributed by atoms with van der Waals surface area (Å²) >= 11 is 0. The van der Waals surface area contributed by atoms with Crippen molar-refractivity contribution in [3.63, 3.8) is 0 Å². The zero-order valence-electron chi connectivity index (χ0n) is 40.9. The Kier molecular flexibility index (Phi) is 12.7. The fourth-order valence-corrected chi connectivity index (χ4v) is 12.0. The van der Waals surface area contributed by atoms with E-state index in [1.165, 1.54) is 58.7 Å². The number of methoxy groups -OCH3 is 2. The molecule has 4 amide bonds. The molecule has 0 unspecified atom stereocenters. The highest BCUT2D eigenvalue weighted by atomic mass is 16.5. The number of hydrogen-bond acceptors (Lipinski definition) is 8. The lowest BCUT2D eigenvalue weighted by Crippen LogP contribution is -2.47. The topological polar surface area (TPSA) is 157 Å². The SMILES string of the molecule is COC(=O)N1CCC[C@H]1C(=O)N1CCC[C@H]1c1nc(-c2ccc(-c3cc4ccc3CCc3ccc(c(-c5ccc(-c6c[nH]c([C@@H]7CCCN7C(=O)[C@@H]7CCCN7C(=O)OC)n6)cc5)c3)C[C@H]4C)cc2)c[nH]1. The average molecular weight is 955 g/mol. The molecule has 6 aromatic rings. The van der Waals surface area contributed by atoms with Crippen LogP contribution in [0, 0.1) is 0 Å². The molecule has 6 heterocycles. The molecule has 5 atom stereocenters. The molecule has 4 aromatic carbocycles. The van der Waals surface area contributed by atoms with Crippen LogP contribution in [0.1, 0.15) is 110 Å². The van der Waals surface area contributed by atoms with Crippen LogP contribution in [0.5, 0.6) is 0 Å². The second-order valence-electron chi connectivity index (χ2n) is 20.0. The zero-order chi connectivity index (χ0) is 48.8. The van der Waals surface area contributed by atoms with Gasteiger partial charge < -0.3 is 29.2 Å². The van der Waals surface area contributed by atoms with Gasteiger partial charge in [0, 0.05) is 49.7 Å². The first kappa shape index (κ1) is 46.2. The smallest absolute Gasteiger partial charge is 0.410 e. The van der Waals surface area contributed by atoms with Crippen molar-refractivity contribution in [3.05, 3.63) is 131 Å². The van der Waals surface area contributed by atoms with Gasteiger partial charge in [-0.3, -0.25) is 19.4 Å². The molecule has 2 N–H and O–H groups in total. The Hall–Kier alpha value is -7.22. The number of amides is 4. The normalized spacial score (nSPS) is 22.0. The summed E-state index contributed by atoms with van der Waals surface area (Å²) < 4.78 is 9.95. The molecule has 71 heavy (non-hydrogen) atoms. The lowest BCUT2D eigenvalue weighted by molar-refractivity contribution is -0.137. The molecule has 14 rings (SSSR count). The molecule has 14 heteroatoms. The number of nitrogens with one attached hydrogen (secondary N) is 2. The molecule has 4 aliphatic carbocycles. The zero-order valence-corrected chi connectivity index (χ0v) is 40.9. The van der Waals surface area contributed by atoms with Gasteiger partial charge in [0.25, 0.3) is 0 Å². The number of aromatic nitrogens is 4. The van der Waals surface area contributed by atoms with E-state index in [1.807, 2.05) is 22.2 Å². The first-order chi connectivity index (χ1) is 34.6. The summed E-state index contributed by atoms with van der Waals surface area (Å²) in [6, 6.07) is 30.1. The number of aryl methyl sites for hydroxylation is 2. The molecule has 0 saturated carbocycles. The Morgan fingerprint density at radius 2 is 1.00 bits per heavy atom. The summed E-state index contributed by atoms with van der Waals surface area (Å²) in [6.45, 7) is 4.68. The van der Waals surface area contributed by atoms with Crippen LogP contribution in [-0.4, -0.2) is 116 Å². The number of carbonyl (C=O) groups excluding carboxylic acids is 4. The van der Waals surface area contributed by atoms with Crippen LogP contribution in [0.4, 0.5) is 9.59 Å². The number of benzene rings is 4. The van der Waals surface area contributed by atoms with E-state index in [0.717, 1.165) is 92.0 Å². The summed E-state index contributed by atoms with van der Waals surface area (Å²) in [5.41, 5.74) is 13.8. The molecule has 4 aliphatic heterocycles. The van der Waals surface area contributed by atoms with E-state index in [9.17, 15) is 19.2 Å². The number of nitrogens with zero attached hydrogens (tertiary/aromatic N) is 6. The highest BCUT2D eigenvalue weighted by Crippen LogP contribution is 2.39. The van der Waals surface area contributed by atoms with E-state index in [4.69, 9.17) is 19.4 Å². The number of hydrogen-bond donors (Lipinski definition) is 2. The van der Waals surface area contributed by atoms with E-state index in [1.54, 1.807) is 9.80 Å². The van der Waals surface area contributed by atoms with Crippen molar-refractivity contribution in [2.45, 2.75) is 108 Å². The Balaban J connectivity index is 0.773. The number of aromatic amines is 2. The molecule has 2 aromatic heterocycles. The molecule has 366 valence electrons.